The van der Waals surface area contributed by atoms with Crippen molar-refractivity contribution in [2.75, 3.05) is 33.4 Å². The summed E-state index contributed by atoms with van der Waals surface area (Å²) in [6, 6.07) is 14.3. The van der Waals surface area contributed by atoms with Crippen LogP contribution in [0.5, 0.6) is 0 Å². The van der Waals surface area contributed by atoms with Gasteiger partial charge in [0, 0.05) is 50.3 Å². The van der Waals surface area contributed by atoms with Crippen molar-refractivity contribution in [2.45, 2.75) is 64.8 Å². The van der Waals surface area contributed by atoms with E-state index in [0.29, 0.717) is 39.1 Å². The van der Waals surface area contributed by atoms with Crippen LogP contribution in [0.2, 0.25) is 0 Å². The zero-order chi connectivity index (χ0) is 27.2. The summed E-state index contributed by atoms with van der Waals surface area (Å²) in [6.45, 7) is 3.79. The highest BCUT2D eigenvalue weighted by Crippen LogP contribution is 2.19. The van der Waals surface area contributed by atoms with E-state index >= 15 is 0 Å². The number of hydrogen-bond acceptors (Lipinski definition) is 3. The highest BCUT2D eigenvalue weighted by Gasteiger charge is 2.22. The first-order chi connectivity index (χ1) is 18.5. The van der Waals surface area contributed by atoms with Crippen LogP contribution in [0.4, 0.5) is 4.39 Å². The van der Waals surface area contributed by atoms with Gasteiger partial charge in [0.15, 0.2) is 0 Å². The second kappa shape index (κ2) is 15.9. The Morgan fingerprint density at radius 3 is 2.39 bits per heavy atom. The SMILES string of the molecule is CCCCCCCCC(=O)N(CCOC)CC(=O)N(CCc1c[nH]c2ccccc12)Cc1ccc(F)cc1. The van der Waals surface area contributed by atoms with Crippen LogP contribution >= 0.6 is 0 Å². The summed E-state index contributed by atoms with van der Waals surface area (Å²) in [7, 11) is 1.60. The van der Waals surface area contributed by atoms with Gasteiger partial charge in [-0.1, -0.05) is 69.4 Å². The van der Waals surface area contributed by atoms with E-state index in [0.717, 1.165) is 41.3 Å². The zero-order valence-electron chi connectivity index (χ0n) is 22.9. The number of methoxy groups -OCH3 is 1. The Bertz CT molecular complexity index is 1130. The first kappa shape index (κ1) is 29.4. The molecule has 0 atom stereocenters. The number of amides is 2. The smallest absolute Gasteiger partial charge is 0.242 e. The molecule has 1 N–H and O–H groups in total. The first-order valence-corrected chi connectivity index (χ1v) is 13.9. The molecule has 206 valence electrons. The Morgan fingerprint density at radius 2 is 1.63 bits per heavy atom. The number of nitrogens with zero attached hydrogens (tertiary/aromatic N) is 2. The van der Waals surface area contributed by atoms with E-state index in [2.05, 4.69) is 18.0 Å². The minimum Gasteiger partial charge on any atom is -0.383 e. The molecule has 0 bridgehead atoms. The number of fused-ring (bicyclic) bond motifs is 1. The second-order valence-electron chi connectivity index (χ2n) is 9.88. The number of hydrogen-bond donors (Lipinski definition) is 1. The average molecular weight is 524 g/mol. The molecule has 2 aromatic carbocycles. The van der Waals surface area contributed by atoms with E-state index in [-0.39, 0.29) is 24.2 Å². The Balaban J connectivity index is 1.67. The van der Waals surface area contributed by atoms with E-state index in [1.807, 2.05) is 24.4 Å². The van der Waals surface area contributed by atoms with E-state index in [1.54, 1.807) is 29.0 Å². The van der Waals surface area contributed by atoms with Gasteiger partial charge < -0.3 is 19.5 Å². The minimum absolute atomic E-state index is 0.00705. The predicted molar refractivity (Wildman–Crippen MR) is 150 cm³/mol. The van der Waals surface area contributed by atoms with Crippen LogP contribution in [0.3, 0.4) is 0 Å². The molecule has 0 aliphatic heterocycles. The average Bonchev–Trinajstić information content (AvgIpc) is 3.34. The van der Waals surface area contributed by atoms with Gasteiger partial charge in [0.25, 0.3) is 0 Å². The van der Waals surface area contributed by atoms with E-state index in [1.165, 1.54) is 31.4 Å². The third-order valence-corrected chi connectivity index (χ3v) is 6.95. The predicted octanol–water partition coefficient (Wildman–Crippen LogP) is 6.10. The Morgan fingerprint density at radius 1 is 0.895 bits per heavy atom. The molecule has 0 fully saturated rings. The number of H-pyrrole nitrogens is 1. The highest BCUT2D eigenvalue weighted by molar-refractivity contribution is 5.85. The summed E-state index contributed by atoms with van der Waals surface area (Å²) in [6.07, 6.45) is 9.71. The van der Waals surface area contributed by atoms with Gasteiger partial charge in [0.1, 0.15) is 5.82 Å². The minimum atomic E-state index is -0.309. The van der Waals surface area contributed by atoms with Crippen molar-refractivity contribution < 1.29 is 18.7 Å². The van der Waals surface area contributed by atoms with Crippen molar-refractivity contribution in [2.24, 2.45) is 0 Å². The lowest BCUT2D eigenvalue weighted by molar-refractivity contribution is -0.141. The molecular formula is C31H42FN3O3. The van der Waals surface area contributed by atoms with Crippen LogP contribution < -0.4 is 0 Å². The van der Waals surface area contributed by atoms with Gasteiger partial charge in [0.2, 0.25) is 11.8 Å². The Labute approximate surface area is 226 Å². The Kier molecular flexibility index (Phi) is 12.3. The number of ether oxygens (including phenoxy) is 1. The number of rotatable bonds is 17. The molecule has 38 heavy (non-hydrogen) atoms. The fourth-order valence-electron chi connectivity index (χ4n) is 4.67. The summed E-state index contributed by atoms with van der Waals surface area (Å²) in [4.78, 5) is 33.3. The van der Waals surface area contributed by atoms with Crippen LogP contribution in [0, 0.1) is 5.82 Å². The molecule has 6 nitrogen and oxygen atoms in total. The Hall–Kier alpha value is -3.19. The molecule has 7 heteroatoms. The third kappa shape index (κ3) is 9.28. The number of benzene rings is 2. The molecule has 3 rings (SSSR count). The lowest BCUT2D eigenvalue weighted by Gasteiger charge is -2.28. The van der Waals surface area contributed by atoms with Gasteiger partial charge in [0.05, 0.1) is 13.2 Å². The van der Waals surface area contributed by atoms with E-state index in [4.69, 9.17) is 4.74 Å². The van der Waals surface area contributed by atoms with Gasteiger partial charge in [-0.25, -0.2) is 4.39 Å². The van der Waals surface area contributed by atoms with Crippen molar-refractivity contribution in [3.05, 3.63) is 71.7 Å². The van der Waals surface area contributed by atoms with Crippen molar-refractivity contribution in [1.29, 1.82) is 0 Å². The lowest BCUT2D eigenvalue weighted by Crippen LogP contribution is -2.44. The third-order valence-electron chi connectivity index (χ3n) is 6.95. The number of carbonyl (C=O) groups is 2. The maximum Gasteiger partial charge on any atom is 0.242 e. The summed E-state index contributed by atoms with van der Waals surface area (Å²) in [5, 5.41) is 1.14. The molecule has 0 radical (unpaired) electrons. The molecule has 0 saturated heterocycles. The number of halogens is 1. The van der Waals surface area contributed by atoms with Gasteiger partial charge in [-0.2, -0.15) is 0 Å². The van der Waals surface area contributed by atoms with Crippen LogP contribution in [0.15, 0.2) is 54.7 Å². The molecule has 0 unspecified atom stereocenters. The topological polar surface area (TPSA) is 65.6 Å². The number of unbranched alkanes of at least 4 members (excludes halogenated alkanes) is 5. The summed E-state index contributed by atoms with van der Waals surface area (Å²) in [5.74, 6) is -0.442. The number of aromatic amines is 1. The van der Waals surface area contributed by atoms with E-state index in [9.17, 15) is 14.0 Å². The zero-order valence-corrected chi connectivity index (χ0v) is 22.9. The number of carbonyl (C=O) groups excluding carboxylic acids is 2. The molecule has 0 aliphatic carbocycles. The number of para-hydroxylation sites is 1. The van der Waals surface area contributed by atoms with Crippen molar-refractivity contribution >= 4 is 22.7 Å². The summed E-state index contributed by atoms with van der Waals surface area (Å²) < 4.78 is 18.7. The number of nitrogens with one attached hydrogen (secondary N) is 1. The van der Waals surface area contributed by atoms with Crippen LogP contribution in [0.25, 0.3) is 10.9 Å². The monoisotopic (exact) mass is 523 g/mol. The van der Waals surface area contributed by atoms with Crippen molar-refractivity contribution in [3.63, 3.8) is 0 Å². The van der Waals surface area contributed by atoms with Crippen molar-refractivity contribution in [3.8, 4) is 0 Å². The summed E-state index contributed by atoms with van der Waals surface area (Å²) >= 11 is 0. The molecule has 0 aliphatic rings. The normalized spacial score (nSPS) is 11.1. The molecule has 0 spiro atoms. The molecule has 1 aromatic heterocycles. The van der Waals surface area contributed by atoms with Gasteiger partial charge in [-0.15, -0.1) is 0 Å². The maximum atomic E-state index is 13.6. The quantitative estimate of drug-likeness (QED) is 0.217. The maximum absolute atomic E-state index is 13.6. The van der Waals surface area contributed by atoms with Gasteiger partial charge in [-0.05, 0) is 42.2 Å². The summed E-state index contributed by atoms with van der Waals surface area (Å²) in [5.41, 5.74) is 3.04. The first-order valence-electron chi connectivity index (χ1n) is 13.9. The fourth-order valence-corrected chi connectivity index (χ4v) is 4.67. The second-order valence-corrected chi connectivity index (χ2v) is 9.88. The molecule has 2 amide bonds. The van der Waals surface area contributed by atoms with Crippen LogP contribution in [0.1, 0.15) is 63.0 Å². The van der Waals surface area contributed by atoms with Crippen molar-refractivity contribution in [1.82, 2.24) is 14.8 Å². The van der Waals surface area contributed by atoms with Crippen LogP contribution in [-0.4, -0.2) is 59.9 Å². The molecule has 1 heterocycles. The molecular weight excluding hydrogens is 481 g/mol. The largest absolute Gasteiger partial charge is 0.383 e. The standard InChI is InChI=1S/C31H42FN3O3/c1-3-4-5-6-7-8-13-30(36)35(20-21-38-2)24-31(37)34(23-25-14-16-27(32)17-15-25)19-18-26-22-33-29-12-10-9-11-28(26)29/h9-12,14-17,22,33H,3-8,13,18-21,23-24H2,1-2H3. The van der Waals surface area contributed by atoms with Crippen LogP contribution in [-0.2, 0) is 27.3 Å². The van der Waals surface area contributed by atoms with E-state index < -0.39 is 0 Å². The van der Waals surface area contributed by atoms with Gasteiger partial charge in [-0.3, -0.25) is 9.59 Å². The lowest BCUT2D eigenvalue weighted by atomic mass is 10.1. The number of aromatic nitrogens is 1. The van der Waals surface area contributed by atoms with Gasteiger partial charge >= 0.3 is 0 Å². The highest BCUT2D eigenvalue weighted by atomic mass is 19.1. The molecule has 3 aromatic rings. The fraction of sp³-hybridized carbons (Fsp3) is 0.484. The molecule has 0 saturated carbocycles.